The van der Waals surface area contributed by atoms with Crippen LogP contribution in [0.5, 0.6) is 0 Å². The normalized spacial score (nSPS) is 19.6. The number of carbonyl (C=O) groups excluding carboxylic acids is 1. The van der Waals surface area contributed by atoms with Crippen molar-refractivity contribution < 1.29 is 23.4 Å². The number of aliphatic hydroxyl groups is 1. The number of rotatable bonds is 4. The summed E-state index contributed by atoms with van der Waals surface area (Å²) in [6, 6.07) is 7.29. The molecule has 1 aliphatic rings. The molecule has 9 heteroatoms. The molecule has 1 aliphatic heterocycles. The van der Waals surface area contributed by atoms with E-state index in [1.165, 1.54) is 36.3 Å². The van der Waals surface area contributed by atoms with Crippen LogP contribution in [0.2, 0.25) is 0 Å². The predicted octanol–water partition coefficient (Wildman–Crippen LogP) is 2.86. The molecule has 1 unspecified atom stereocenters. The molecule has 0 amide bonds. The number of aryl methyl sites for hydroxylation is 1. The molecule has 4 rings (SSSR count). The number of aromatic nitrogens is 3. The van der Waals surface area contributed by atoms with Crippen LogP contribution in [-0.4, -0.2) is 32.8 Å². The average Bonchev–Trinajstić information content (AvgIpc) is 3.12. The molecule has 0 bridgehead atoms. The van der Waals surface area contributed by atoms with Gasteiger partial charge >= 0.3 is 0 Å². The fourth-order valence-electron chi connectivity index (χ4n) is 3.70. The zero-order valence-corrected chi connectivity index (χ0v) is 15.6. The van der Waals surface area contributed by atoms with Crippen molar-refractivity contribution in [1.29, 1.82) is 0 Å². The van der Waals surface area contributed by atoms with Crippen LogP contribution < -0.4 is 5.32 Å². The number of nitrogens with one attached hydrogen (secondary N) is 1. The van der Waals surface area contributed by atoms with Crippen LogP contribution in [-0.2, 0) is 11.8 Å². The SMILES string of the molecule is COC(O)c1cc(F)cc2c1C(=O)[C@H](c1ncnn1C)[C@@H](c1ccc(F)cc1)N2. The quantitative estimate of drug-likeness (QED) is 0.655. The van der Waals surface area contributed by atoms with Gasteiger partial charge in [-0.25, -0.2) is 13.8 Å². The summed E-state index contributed by atoms with van der Waals surface area (Å²) in [4.78, 5) is 17.8. The van der Waals surface area contributed by atoms with Gasteiger partial charge in [0.2, 0.25) is 0 Å². The highest BCUT2D eigenvalue weighted by Crippen LogP contribution is 2.44. The Hall–Kier alpha value is -3.17. The molecule has 2 N–H and O–H groups in total. The van der Waals surface area contributed by atoms with Gasteiger partial charge in [-0.3, -0.25) is 9.48 Å². The van der Waals surface area contributed by atoms with Crippen molar-refractivity contribution in [2.24, 2.45) is 7.05 Å². The summed E-state index contributed by atoms with van der Waals surface area (Å²) >= 11 is 0. The summed E-state index contributed by atoms with van der Waals surface area (Å²) in [5.41, 5.74) is 0.974. The third kappa shape index (κ3) is 3.28. The molecule has 7 nitrogen and oxygen atoms in total. The maximum Gasteiger partial charge on any atom is 0.181 e. The van der Waals surface area contributed by atoms with Crippen molar-refractivity contribution >= 4 is 11.5 Å². The highest BCUT2D eigenvalue weighted by molar-refractivity contribution is 6.08. The van der Waals surface area contributed by atoms with Crippen molar-refractivity contribution in [3.05, 3.63) is 76.9 Å². The second-order valence-electron chi connectivity index (χ2n) is 6.76. The van der Waals surface area contributed by atoms with E-state index in [0.717, 1.165) is 6.07 Å². The van der Waals surface area contributed by atoms with E-state index < -0.39 is 29.9 Å². The first-order chi connectivity index (χ1) is 13.9. The molecule has 0 saturated heterocycles. The van der Waals surface area contributed by atoms with Crippen molar-refractivity contribution in [3.63, 3.8) is 0 Å². The average molecular weight is 400 g/mol. The van der Waals surface area contributed by atoms with Crippen molar-refractivity contribution in [1.82, 2.24) is 14.8 Å². The van der Waals surface area contributed by atoms with Crippen LogP contribution >= 0.6 is 0 Å². The number of hydrogen-bond donors (Lipinski definition) is 2. The number of hydrogen-bond acceptors (Lipinski definition) is 6. The Morgan fingerprint density at radius 1 is 1.21 bits per heavy atom. The van der Waals surface area contributed by atoms with E-state index in [-0.39, 0.29) is 22.6 Å². The fraction of sp³-hybridized carbons (Fsp3) is 0.250. The number of aliphatic hydroxyl groups excluding tert-OH is 1. The minimum atomic E-state index is -1.48. The summed E-state index contributed by atoms with van der Waals surface area (Å²) in [5.74, 6) is -1.89. The highest BCUT2D eigenvalue weighted by Gasteiger charge is 2.42. The number of halogens is 2. The Balaban J connectivity index is 1.92. The molecule has 3 aromatic rings. The molecular formula is C20H18F2N4O3. The molecule has 3 atom stereocenters. The topological polar surface area (TPSA) is 89.3 Å². The van der Waals surface area contributed by atoms with Gasteiger partial charge < -0.3 is 15.2 Å². The van der Waals surface area contributed by atoms with E-state index in [0.29, 0.717) is 11.4 Å². The zero-order valence-electron chi connectivity index (χ0n) is 15.6. The lowest BCUT2D eigenvalue weighted by atomic mass is 9.80. The lowest BCUT2D eigenvalue weighted by Crippen LogP contribution is -2.35. The predicted molar refractivity (Wildman–Crippen MR) is 99.2 cm³/mol. The number of Topliss-reactive ketones (excluding diaryl/α,β-unsaturated/α-hetero) is 1. The Kier molecular flexibility index (Phi) is 4.85. The number of ether oxygens (including phenoxy) is 1. The van der Waals surface area contributed by atoms with Crippen LogP contribution in [0.4, 0.5) is 14.5 Å². The first-order valence-electron chi connectivity index (χ1n) is 8.85. The number of methoxy groups -OCH3 is 1. The monoisotopic (exact) mass is 400 g/mol. The molecule has 29 heavy (non-hydrogen) atoms. The number of carbonyl (C=O) groups is 1. The summed E-state index contributed by atoms with van der Waals surface area (Å²) < 4.78 is 34.0. The van der Waals surface area contributed by atoms with Crippen molar-refractivity contribution in [2.75, 3.05) is 12.4 Å². The Morgan fingerprint density at radius 2 is 1.93 bits per heavy atom. The van der Waals surface area contributed by atoms with E-state index in [2.05, 4.69) is 15.4 Å². The first kappa shape index (κ1) is 19.2. The van der Waals surface area contributed by atoms with Gasteiger partial charge in [0.05, 0.1) is 11.6 Å². The van der Waals surface area contributed by atoms with Gasteiger partial charge in [0.1, 0.15) is 29.7 Å². The van der Waals surface area contributed by atoms with E-state index >= 15 is 0 Å². The molecule has 1 aromatic heterocycles. The molecule has 0 aliphatic carbocycles. The van der Waals surface area contributed by atoms with Crippen LogP contribution in [0, 0.1) is 11.6 Å². The lowest BCUT2D eigenvalue weighted by Gasteiger charge is -2.34. The van der Waals surface area contributed by atoms with E-state index in [1.54, 1.807) is 19.2 Å². The summed E-state index contributed by atoms with van der Waals surface area (Å²) in [7, 11) is 2.91. The molecule has 0 saturated carbocycles. The van der Waals surface area contributed by atoms with E-state index in [9.17, 15) is 18.7 Å². The second kappa shape index (κ2) is 7.34. The summed E-state index contributed by atoms with van der Waals surface area (Å²) in [5, 5.41) is 17.4. The largest absolute Gasteiger partial charge is 0.376 e. The first-order valence-corrected chi connectivity index (χ1v) is 8.85. The maximum atomic E-state index is 14.2. The van der Waals surface area contributed by atoms with Gasteiger partial charge in [0, 0.05) is 25.4 Å². The second-order valence-corrected chi connectivity index (χ2v) is 6.76. The lowest BCUT2D eigenvalue weighted by molar-refractivity contribution is -0.0774. The van der Waals surface area contributed by atoms with Gasteiger partial charge in [-0.2, -0.15) is 5.10 Å². The van der Waals surface area contributed by atoms with Gasteiger partial charge in [-0.15, -0.1) is 0 Å². The molecule has 0 fully saturated rings. The van der Waals surface area contributed by atoms with Crippen LogP contribution in [0.15, 0.2) is 42.7 Å². The van der Waals surface area contributed by atoms with Crippen LogP contribution in [0.1, 0.15) is 45.6 Å². The Labute approximate surface area is 165 Å². The van der Waals surface area contributed by atoms with Crippen LogP contribution in [0.3, 0.4) is 0 Å². The molecular weight excluding hydrogens is 382 g/mol. The fourth-order valence-corrected chi connectivity index (χ4v) is 3.70. The van der Waals surface area contributed by atoms with Gasteiger partial charge in [0.25, 0.3) is 0 Å². The molecule has 0 radical (unpaired) electrons. The maximum absolute atomic E-state index is 14.2. The number of benzene rings is 2. The molecule has 2 heterocycles. The number of fused-ring (bicyclic) bond motifs is 1. The number of anilines is 1. The van der Waals surface area contributed by atoms with Crippen molar-refractivity contribution in [3.8, 4) is 0 Å². The molecule has 0 spiro atoms. The van der Waals surface area contributed by atoms with Crippen LogP contribution in [0.25, 0.3) is 0 Å². The van der Waals surface area contributed by atoms with Gasteiger partial charge in [-0.05, 0) is 29.8 Å². The van der Waals surface area contributed by atoms with E-state index in [4.69, 9.17) is 4.74 Å². The minimum absolute atomic E-state index is 0.0183. The third-order valence-corrected chi connectivity index (χ3v) is 5.05. The van der Waals surface area contributed by atoms with Gasteiger partial charge in [0.15, 0.2) is 12.1 Å². The third-order valence-electron chi connectivity index (χ3n) is 5.05. The van der Waals surface area contributed by atoms with Gasteiger partial charge in [-0.1, -0.05) is 12.1 Å². The summed E-state index contributed by atoms with van der Waals surface area (Å²) in [6.45, 7) is 0. The minimum Gasteiger partial charge on any atom is -0.376 e. The number of nitrogens with zero attached hydrogens (tertiary/aromatic N) is 3. The van der Waals surface area contributed by atoms with Crippen molar-refractivity contribution in [2.45, 2.75) is 18.2 Å². The number of ketones is 1. The highest BCUT2D eigenvalue weighted by atomic mass is 19.1. The molecule has 150 valence electrons. The van der Waals surface area contributed by atoms with E-state index in [1.807, 2.05) is 0 Å². The molecule has 2 aromatic carbocycles. The summed E-state index contributed by atoms with van der Waals surface area (Å²) in [6.07, 6.45) is -0.150. The Morgan fingerprint density at radius 3 is 2.55 bits per heavy atom. The Bertz CT molecular complexity index is 1070. The zero-order chi connectivity index (χ0) is 20.7. The smallest absolute Gasteiger partial charge is 0.181 e. The standard InChI is InChI=1S/C20H18F2N4O3/c1-26-19(23-9-24-26)16-17(10-3-5-11(21)6-4-10)25-14-8-12(22)7-13(20(28)29-2)15(14)18(16)27/h3-9,16-17,20,25,28H,1-2H3/t16-,17-,20?/m1/s1.